The van der Waals surface area contributed by atoms with Gasteiger partial charge >= 0.3 is 0 Å². The summed E-state index contributed by atoms with van der Waals surface area (Å²) < 4.78 is 27.4. The molecule has 1 amide bonds. The number of hydrogen-bond donors (Lipinski definition) is 0. The minimum absolute atomic E-state index is 0.0788. The molecule has 2 aromatic rings. The second-order valence-corrected chi connectivity index (χ2v) is 7.20. The highest BCUT2D eigenvalue weighted by molar-refractivity contribution is 7.16. The van der Waals surface area contributed by atoms with Crippen molar-refractivity contribution in [3.8, 4) is 0 Å². The van der Waals surface area contributed by atoms with Gasteiger partial charge in [-0.05, 0) is 24.3 Å². The largest absolute Gasteiger partial charge is 0.336 e. The molecule has 1 aromatic heterocycles. The number of halogens is 3. The zero-order valence-electron chi connectivity index (χ0n) is 12.3. The van der Waals surface area contributed by atoms with Crippen molar-refractivity contribution in [1.82, 2.24) is 9.80 Å². The highest BCUT2D eigenvalue weighted by Gasteiger charge is 2.24. The molecule has 1 aliphatic rings. The van der Waals surface area contributed by atoms with Crippen LogP contribution < -0.4 is 0 Å². The fraction of sp³-hybridized carbons (Fsp3) is 0.312. The third-order valence-electron chi connectivity index (χ3n) is 3.83. The Morgan fingerprint density at radius 1 is 1.13 bits per heavy atom. The van der Waals surface area contributed by atoms with Crippen molar-refractivity contribution in [2.24, 2.45) is 0 Å². The monoisotopic (exact) mass is 356 g/mol. The molecule has 0 radical (unpaired) electrons. The van der Waals surface area contributed by atoms with Gasteiger partial charge in [-0.1, -0.05) is 11.6 Å². The van der Waals surface area contributed by atoms with Gasteiger partial charge in [0, 0.05) is 43.7 Å². The highest BCUT2D eigenvalue weighted by Crippen LogP contribution is 2.23. The topological polar surface area (TPSA) is 23.6 Å². The first kappa shape index (κ1) is 16.4. The van der Waals surface area contributed by atoms with Crippen molar-refractivity contribution in [3.05, 3.63) is 56.7 Å². The molecule has 1 aromatic carbocycles. The van der Waals surface area contributed by atoms with Crippen molar-refractivity contribution in [2.75, 3.05) is 26.2 Å². The predicted molar refractivity (Wildman–Crippen MR) is 86.9 cm³/mol. The van der Waals surface area contributed by atoms with Crippen molar-refractivity contribution in [3.63, 3.8) is 0 Å². The maximum Gasteiger partial charge on any atom is 0.256 e. The average Bonchev–Trinajstić information content (AvgIpc) is 2.92. The molecule has 0 saturated carbocycles. The van der Waals surface area contributed by atoms with Crippen molar-refractivity contribution < 1.29 is 13.6 Å². The summed E-state index contributed by atoms with van der Waals surface area (Å²) in [5, 5.41) is 0. The van der Waals surface area contributed by atoms with E-state index in [1.807, 2.05) is 12.1 Å². The molecule has 2 heterocycles. The molecule has 1 saturated heterocycles. The lowest BCUT2D eigenvalue weighted by atomic mass is 10.1. The molecule has 0 bridgehead atoms. The van der Waals surface area contributed by atoms with Crippen molar-refractivity contribution in [2.45, 2.75) is 6.54 Å². The van der Waals surface area contributed by atoms with Gasteiger partial charge in [-0.3, -0.25) is 9.69 Å². The Hall–Kier alpha value is -1.50. The van der Waals surface area contributed by atoms with E-state index in [0.717, 1.165) is 23.0 Å². The minimum Gasteiger partial charge on any atom is -0.336 e. The SMILES string of the molecule is O=C(c1ccc(F)cc1F)N1CCN(Cc2ccc(Cl)s2)CC1. The number of amides is 1. The standard InChI is InChI=1S/C16H15ClF2N2OS/c17-15-4-2-12(23-15)10-20-5-7-21(8-6-20)16(22)13-3-1-11(18)9-14(13)19/h1-4,9H,5-8,10H2. The first-order chi connectivity index (χ1) is 11.0. The fourth-order valence-corrected chi connectivity index (χ4v) is 3.73. The fourth-order valence-electron chi connectivity index (χ4n) is 2.60. The molecule has 0 spiro atoms. The van der Waals surface area contributed by atoms with Gasteiger partial charge in [0.05, 0.1) is 9.90 Å². The van der Waals surface area contributed by atoms with Crippen LogP contribution >= 0.6 is 22.9 Å². The predicted octanol–water partition coefficient (Wildman–Crippen LogP) is 3.64. The van der Waals surface area contributed by atoms with E-state index >= 15 is 0 Å². The smallest absolute Gasteiger partial charge is 0.256 e. The highest BCUT2D eigenvalue weighted by atomic mass is 35.5. The number of carbonyl (C=O) groups is 1. The van der Waals surface area contributed by atoms with E-state index < -0.39 is 11.6 Å². The van der Waals surface area contributed by atoms with Gasteiger partial charge in [0.2, 0.25) is 0 Å². The van der Waals surface area contributed by atoms with Crippen LogP contribution in [0.25, 0.3) is 0 Å². The molecule has 0 aliphatic carbocycles. The maximum absolute atomic E-state index is 13.7. The summed E-state index contributed by atoms with van der Waals surface area (Å²) >= 11 is 7.47. The van der Waals surface area contributed by atoms with Crippen LogP contribution in [0.5, 0.6) is 0 Å². The summed E-state index contributed by atoms with van der Waals surface area (Å²) in [5.74, 6) is -1.88. The van der Waals surface area contributed by atoms with E-state index in [-0.39, 0.29) is 11.5 Å². The van der Waals surface area contributed by atoms with Gasteiger partial charge in [-0.2, -0.15) is 0 Å². The molecular formula is C16H15ClF2N2OS. The summed E-state index contributed by atoms with van der Waals surface area (Å²) in [6, 6.07) is 6.92. The Bertz CT molecular complexity index is 714. The number of nitrogens with zero attached hydrogens (tertiary/aromatic N) is 2. The average molecular weight is 357 g/mol. The zero-order chi connectivity index (χ0) is 16.4. The Morgan fingerprint density at radius 2 is 1.87 bits per heavy atom. The lowest BCUT2D eigenvalue weighted by Crippen LogP contribution is -2.48. The zero-order valence-corrected chi connectivity index (χ0v) is 13.8. The third kappa shape index (κ3) is 3.88. The van der Waals surface area contributed by atoms with Gasteiger partial charge < -0.3 is 4.90 Å². The van der Waals surface area contributed by atoms with Gasteiger partial charge in [0.15, 0.2) is 0 Å². The molecule has 1 aliphatic heterocycles. The lowest BCUT2D eigenvalue weighted by Gasteiger charge is -2.34. The molecule has 7 heteroatoms. The Labute approximate surface area is 142 Å². The van der Waals surface area contributed by atoms with Crippen molar-refractivity contribution in [1.29, 1.82) is 0 Å². The lowest BCUT2D eigenvalue weighted by molar-refractivity contribution is 0.0625. The van der Waals surface area contributed by atoms with Crippen LogP contribution in [0.4, 0.5) is 8.78 Å². The van der Waals surface area contributed by atoms with Gasteiger partial charge in [0.1, 0.15) is 11.6 Å². The van der Waals surface area contributed by atoms with Gasteiger partial charge in [-0.25, -0.2) is 8.78 Å². The number of hydrogen-bond acceptors (Lipinski definition) is 3. The third-order valence-corrected chi connectivity index (χ3v) is 5.05. The van der Waals surface area contributed by atoms with Crippen LogP contribution in [0.15, 0.2) is 30.3 Å². The number of piperazine rings is 1. The van der Waals surface area contributed by atoms with Gasteiger partial charge in [-0.15, -0.1) is 11.3 Å². The Balaban J connectivity index is 1.59. The van der Waals surface area contributed by atoms with Crippen LogP contribution in [0, 0.1) is 11.6 Å². The van der Waals surface area contributed by atoms with Crippen LogP contribution in [-0.2, 0) is 6.54 Å². The molecule has 0 N–H and O–H groups in total. The molecule has 3 rings (SSSR count). The van der Waals surface area contributed by atoms with Crippen molar-refractivity contribution >= 4 is 28.8 Å². The summed E-state index contributed by atoms with van der Waals surface area (Å²) in [6.45, 7) is 3.27. The molecule has 3 nitrogen and oxygen atoms in total. The number of benzene rings is 1. The Kier molecular flexibility index (Phi) is 4.94. The first-order valence-corrected chi connectivity index (χ1v) is 8.43. The molecular weight excluding hydrogens is 342 g/mol. The van der Waals surface area contributed by atoms with Crippen LogP contribution in [-0.4, -0.2) is 41.9 Å². The normalized spacial score (nSPS) is 15.9. The van der Waals surface area contributed by atoms with E-state index in [9.17, 15) is 13.6 Å². The van der Waals surface area contributed by atoms with Crippen LogP contribution in [0.1, 0.15) is 15.2 Å². The van der Waals surface area contributed by atoms with E-state index in [1.54, 1.807) is 16.2 Å². The van der Waals surface area contributed by atoms with Crippen LogP contribution in [0.3, 0.4) is 0 Å². The van der Waals surface area contributed by atoms with E-state index in [1.165, 1.54) is 10.9 Å². The summed E-state index contributed by atoms with van der Waals surface area (Å²) in [4.78, 5) is 17.3. The second kappa shape index (κ2) is 6.95. The molecule has 23 heavy (non-hydrogen) atoms. The quantitative estimate of drug-likeness (QED) is 0.838. The summed E-state index contributed by atoms with van der Waals surface area (Å²) in [5.41, 5.74) is -0.0788. The van der Waals surface area contributed by atoms with Gasteiger partial charge in [0.25, 0.3) is 5.91 Å². The summed E-state index contributed by atoms with van der Waals surface area (Å²) in [7, 11) is 0. The Morgan fingerprint density at radius 3 is 2.48 bits per heavy atom. The number of thiophene rings is 1. The van der Waals surface area contributed by atoms with E-state index in [2.05, 4.69) is 4.90 Å². The molecule has 122 valence electrons. The number of rotatable bonds is 3. The second-order valence-electron chi connectivity index (χ2n) is 5.40. The summed E-state index contributed by atoms with van der Waals surface area (Å²) in [6.07, 6.45) is 0. The minimum atomic E-state index is -0.814. The molecule has 0 atom stereocenters. The van der Waals surface area contributed by atoms with E-state index in [4.69, 9.17) is 11.6 Å². The number of carbonyl (C=O) groups excluding carboxylic acids is 1. The molecule has 0 unspecified atom stereocenters. The first-order valence-electron chi connectivity index (χ1n) is 7.24. The van der Waals surface area contributed by atoms with Crippen LogP contribution in [0.2, 0.25) is 4.34 Å². The molecule has 1 fully saturated rings. The maximum atomic E-state index is 13.7. The van der Waals surface area contributed by atoms with E-state index in [0.29, 0.717) is 26.2 Å².